The van der Waals surface area contributed by atoms with Gasteiger partial charge in [0.15, 0.2) is 0 Å². The van der Waals surface area contributed by atoms with E-state index in [2.05, 4.69) is 4.90 Å². The monoisotopic (exact) mass is 195 g/mol. The fourth-order valence-electron chi connectivity index (χ4n) is 2.07. The van der Waals surface area contributed by atoms with Crippen LogP contribution < -0.4 is 0 Å². The van der Waals surface area contributed by atoms with Crippen molar-refractivity contribution in [1.82, 2.24) is 4.90 Å². The Kier molecular flexibility index (Phi) is 3.22. The molecule has 2 rings (SSSR count). The van der Waals surface area contributed by atoms with Gasteiger partial charge in [0, 0.05) is 13.2 Å². The first kappa shape index (κ1) is 9.74. The van der Waals surface area contributed by atoms with Crippen LogP contribution in [-0.4, -0.2) is 29.7 Å². The Bertz CT molecular complexity index is 258. The highest BCUT2D eigenvalue weighted by Crippen LogP contribution is 2.17. The van der Waals surface area contributed by atoms with E-state index in [0.29, 0.717) is 12.5 Å². The van der Waals surface area contributed by atoms with Crippen LogP contribution in [0, 0.1) is 5.92 Å². The molecule has 3 nitrogen and oxygen atoms in total. The molecule has 0 saturated carbocycles. The van der Waals surface area contributed by atoms with Crippen LogP contribution in [0.15, 0.2) is 22.8 Å². The number of likely N-dealkylation sites (tertiary alicyclic amines) is 1. The molecule has 0 aliphatic carbocycles. The molecule has 0 amide bonds. The molecule has 1 atom stereocenters. The van der Waals surface area contributed by atoms with Gasteiger partial charge in [-0.25, -0.2) is 0 Å². The molecule has 0 bridgehead atoms. The van der Waals surface area contributed by atoms with Crippen LogP contribution in [-0.2, 0) is 6.54 Å². The van der Waals surface area contributed by atoms with Crippen molar-refractivity contribution in [2.24, 2.45) is 5.92 Å². The van der Waals surface area contributed by atoms with Gasteiger partial charge in [0.25, 0.3) is 0 Å². The number of furan rings is 1. The molecule has 1 aliphatic rings. The number of nitrogens with zero attached hydrogens (tertiary/aromatic N) is 1. The second-order valence-corrected chi connectivity index (χ2v) is 4.01. The van der Waals surface area contributed by atoms with Gasteiger partial charge in [-0.3, -0.25) is 4.90 Å². The quantitative estimate of drug-likeness (QED) is 0.793. The van der Waals surface area contributed by atoms with E-state index in [9.17, 15) is 0 Å². The Labute approximate surface area is 84.3 Å². The molecule has 1 fully saturated rings. The van der Waals surface area contributed by atoms with Gasteiger partial charge in [-0.05, 0) is 37.4 Å². The van der Waals surface area contributed by atoms with Gasteiger partial charge in [-0.2, -0.15) is 0 Å². The van der Waals surface area contributed by atoms with E-state index in [-0.39, 0.29) is 0 Å². The molecule has 2 heterocycles. The summed E-state index contributed by atoms with van der Waals surface area (Å²) < 4.78 is 5.30. The summed E-state index contributed by atoms with van der Waals surface area (Å²) in [7, 11) is 0. The van der Waals surface area contributed by atoms with E-state index < -0.39 is 0 Å². The number of rotatable bonds is 3. The van der Waals surface area contributed by atoms with Crippen molar-refractivity contribution in [3.05, 3.63) is 24.2 Å². The Morgan fingerprint density at radius 3 is 3.21 bits per heavy atom. The fraction of sp³-hybridized carbons (Fsp3) is 0.636. The smallest absolute Gasteiger partial charge is 0.117 e. The van der Waals surface area contributed by atoms with E-state index in [1.807, 2.05) is 12.1 Å². The summed E-state index contributed by atoms with van der Waals surface area (Å²) in [5.41, 5.74) is 0. The lowest BCUT2D eigenvalue weighted by molar-refractivity contribution is 0.110. The molecule has 14 heavy (non-hydrogen) atoms. The summed E-state index contributed by atoms with van der Waals surface area (Å²) in [4.78, 5) is 2.35. The highest BCUT2D eigenvalue weighted by Gasteiger charge is 2.19. The zero-order valence-electron chi connectivity index (χ0n) is 8.35. The lowest BCUT2D eigenvalue weighted by Gasteiger charge is -2.30. The molecule has 1 aromatic rings. The molecule has 78 valence electrons. The molecule has 0 radical (unpaired) electrons. The summed E-state index contributed by atoms with van der Waals surface area (Å²) in [5.74, 6) is 1.47. The average Bonchev–Trinajstić information content (AvgIpc) is 2.71. The van der Waals surface area contributed by atoms with Crippen molar-refractivity contribution in [3.8, 4) is 0 Å². The molecular weight excluding hydrogens is 178 g/mol. The predicted molar refractivity (Wildman–Crippen MR) is 53.8 cm³/mol. The number of hydrogen-bond donors (Lipinski definition) is 1. The van der Waals surface area contributed by atoms with Crippen LogP contribution >= 0.6 is 0 Å². The summed E-state index contributed by atoms with van der Waals surface area (Å²) in [6.45, 7) is 3.31. The van der Waals surface area contributed by atoms with Crippen molar-refractivity contribution in [2.45, 2.75) is 19.4 Å². The molecule has 1 aliphatic heterocycles. The molecule has 1 saturated heterocycles. The second kappa shape index (κ2) is 4.62. The van der Waals surface area contributed by atoms with Gasteiger partial charge in [0.2, 0.25) is 0 Å². The standard InChI is InChI=1S/C11H17NO2/c13-9-10-3-1-5-12(7-10)8-11-4-2-6-14-11/h2,4,6,10,13H,1,3,5,7-9H2. The van der Waals surface area contributed by atoms with Crippen molar-refractivity contribution in [3.63, 3.8) is 0 Å². The van der Waals surface area contributed by atoms with Crippen LogP contribution in [0.4, 0.5) is 0 Å². The van der Waals surface area contributed by atoms with Crippen LogP contribution in [0.25, 0.3) is 0 Å². The third kappa shape index (κ3) is 2.36. The minimum Gasteiger partial charge on any atom is -0.468 e. The molecule has 0 aromatic carbocycles. The van der Waals surface area contributed by atoms with Gasteiger partial charge in [-0.15, -0.1) is 0 Å². The van der Waals surface area contributed by atoms with Gasteiger partial charge in [0.05, 0.1) is 12.8 Å². The van der Waals surface area contributed by atoms with Crippen LogP contribution in [0.2, 0.25) is 0 Å². The maximum absolute atomic E-state index is 9.08. The molecule has 1 N–H and O–H groups in total. The zero-order valence-corrected chi connectivity index (χ0v) is 8.35. The SMILES string of the molecule is OCC1CCCN(Cc2ccco2)C1. The first-order valence-corrected chi connectivity index (χ1v) is 5.24. The maximum atomic E-state index is 9.08. The lowest BCUT2D eigenvalue weighted by atomic mass is 9.99. The summed E-state index contributed by atoms with van der Waals surface area (Å²) in [5, 5.41) is 9.08. The minimum absolute atomic E-state index is 0.314. The van der Waals surface area contributed by atoms with E-state index >= 15 is 0 Å². The molecule has 3 heteroatoms. The average molecular weight is 195 g/mol. The highest BCUT2D eigenvalue weighted by molar-refractivity contribution is 4.98. The fourth-order valence-corrected chi connectivity index (χ4v) is 2.07. The number of aliphatic hydroxyl groups is 1. The van der Waals surface area contributed by atoms with Crippen molar-refractivity contribution in [1.29, 1.82) is 0 Å². The Morgan fingerprint density at radius 2 is 2.50 bits per heavy atom. The second-order valence-electron chi connectivity index (χ2n) is 4.01. The topological polar surface area (TPSA) is 36.6 Å². The summed E-state index contributed by atoms with van der Waals surface area (Å²) in [6, 6.07) is 3.92. The Hall–Kier alpha value is -0.800. The van der Waals surface area contributed by atoms with Gasteiger partial charge >= 0.3 is 0 Å². The zero-order chi connectivity index (χ0) is 9.80. The highest BCUT2D eigenvalue weighted by atomic mass is 16.3. The van der Waals surface area contributed by atoms with Gasteiger partial charge < -0.3 is 9.52 Å². The largest absolute Gasteiger partial charge is 0.468 e. The first-order chi connectivity index (χ1) is 6.88. The van der Waals surface area contributed by atoms with E-state index in [4.69, 9.17) is 9.52 Å². The number of piperidine rings is 1. The van der Waals surface area contributed by atoms with E-state index in [1.54, 1.807) is 6.26 Å². The van der Waals surface area contributed by atoms with E-state index in [1.165, 1.54) is 6.42 Å². The first-order valence-electron chi connectivity index (χ1n) is 5.24. The van der Waals surface area contributed by atoms with Gasteiger partial charge in [0.1, 0.15) is 5.76 Å². The predicted octanol–water partition coefficient (Wildman–Crippen LogP) is 1.48. The normalized spacial score (nSPS) is 23.9. The van der Waals surface area contributed by atoms with Crippen LogP contribution in [0.3, 0.4) is 0 Å². The Morgan fingerprint density at radius 1 is 1.57 bits per heavy atom. The summed E-state index contributed by atoms with van der Waals surface area (Å²) >= 11 is 0. The molecule has 1 aromatic heterocycles. The molecular formula is C11H17NO2. The van der Waals surface area contributed by atoms with Crippen LogP contribution in [0.5, 0.6) is 0 Å². The van der Waals surface area contributed by atoms with Crippen molar-refractivity contribution >= 4 is 0 Å². The summed E-state index contributed by atoms with van der Waals surface area (Å²) in [6.07, 6.45) is 4.06. The molecule has 1 unspecified atom stereocenters. The van der Waals surface area contributed by atoms with Gasteiger partial charge in [-0.1, -0.05) is 0 Å². The maximum Gasteiger partial charge on any atom is 0.117 e. The van der Waals surface area contributed by atoms with Crippen molar-refractivity contribution < 1.29 is 9.52 Å². The third-order valence-electron chi connectivity index (χ3n) is 2.82. The Balaban J connectivity index is 1.86. The van der Waals surface area contributed by atoms with Crippen LogP contribution in [0.1, 0.15) is 18.6 Å². The van der Waals surface area contributed by atoms with Crippen molar-refractivity contribution in [2.75, 3.05) is 19.7 Å². The molecule has 0 spiro atoms. The number of aliphatic hydroxyl groups excluding tert-OH is 1. The van der Waals surface area contributed by atoms with E-state index in [0.717, 1.165) is 31.8 Å². The third-order valence-corrected chi connectivity index (χ3v) is 2.82. The number of hydrogen-bond acceptors (Lipinski definition) is 3. The lowest BCUT2D eigenvalue weighted by Crippen LogP contribution is -2.36. The minimum atomic E-state index is 0.314.